The first-order valence-electron chi connectivity index (χ1n) is 16.4. The zero-order valence-corrected chi connectivity index (χ0v) is 32.2. The van der Waals surface area contributed by atoms with Gasteiger partial charge in [0.25, 0.3) is 0 Å². The van der Waals surface area contributed by atoms with Crippen LogP contribution in [0.5, 0.6) is 0 Å². The van der Waals surface area contributed by atoms with E-state index >= 15 is 0 Å². The van der Waals surface area contributed by atoms with E-state index in [0.717, 1.165) is 61.3 Å². The zero-order valence-electron chi connectivity index (χ0n) is 29.8. The van der Waals surface area contributed by atoms with Crippen molar-refractivity contribution in [2.24, 2.45) is 0 Å². The number of benzene rings is 4. The summed E-state index contributed by atoms with van der Waals surface area (Å²) in [6, 6.07) is 20.1. The Morgan fingerprint density at radius 3 is 1.52 bits per heavy atom. The molecule has 0 N–H and O–H groups in total. The summed E-state index contributed by atoms with van der Waals surface area (Å²) in [6.45, 7) is 18.2. The van der Waals surface area contributed by atoms with Gasteiger partial charge in [-0.25, -0.2) is 12.2 Å². The third-order valence-corrected chi connectivity index (χ3v) is 10.1. The quantitative estimate of drug-likeness (QED) is 0.124. The Morgan fingerprint density at radius 2 is 1.14 bits per heavy atom. The van der Waals surface area contributed by atoms with Gasteiger partial charge in [0.15, 0.2) is 0 Å². The molecule has 0 radical (unpaired) electrons. The topological polar surface area (TPSA) is 0 Å². The molecule has 0 heterocycles. The normalized spacial score (nSPS) is 13.6. The van der Waals surface area contributed by atoms with Gasteiger partial charge < -0.3 is 0 Å². The Balaban J connectivity index is 0.000000197. The van der Waals surface area contributed by atoms with E-state index in [0.29, 0.717) is 14.3 Å². The van der Waals surface area contributed by atoms with E-state index in [4.69, 9.17) is 0 Å². The van der Waals surface area contributed by atoms with Crippen molar-refractivity contribution < 1.29 is 50.6 Å². The first-order valence-corrected chi connectivity index (χ1v) is 17.7. The van der Waals surface area contributed by atoms with E-state index in [1.54, 1.807) is 0 Å². The summed E-state index contributed by atoms with van der Waals surface area (Å²) in [6.07, 6.45) is 2.21. The van der Waals surface area contributed by atoms with Crippen LogP contribution in [0.4, 0.5) is 26.3 Å². The minimum absolute atomic E-state index is 0.163. The molecule has 260 valence electrons. The van der Waals surface area contributed by atoms with E-state index < -0.39 is 23.5 Å². The summed E-state index contributed by atoms with van der Waals surface area (Å²) >= 11 is 0.898. The zero-order chi connectivity index (χ0) is 37.2. The van der Waals surface area contributed by atoms with Gasteiger partial charge in [0.2, 0.25) is 0 Å². The summed E-state index contributed by atoms with van der Waals surface area (Å²) in [5, 5.41) is 0. The Hall–Kier alpha value is -3.31. The molecule has 0 aliphatic heterocycles. The summed E-state index contributed by atoms with van der Waals surface area (Å²) in [4.78, 5) is 0. The summed E-state index contributed by atoms with van der Waals surface area (Å²) in [5.41, 5.74) is 11.2. The van der Waals surface area contributed by atoms with E-state index in [2.05, 4.69) is 91.8 Å². The monoisotopic (exact) mass is 762 g/mol. The van der Waals surface area contributed by atoms with Crippen LogP contribution in [0.2, 0.25) is 0 Å². The molecule has 4 aromatic rings. The molecule has 0 atom stereocenters. The molecular formula is C43H42F6Zr. The van der Waals surface area contributed by atoms with Gasteiger partial charge in [-0.05, 0) is 35.4 Å². The van der Waals surface area contributed by atoms with Gasteiger partial charge in [-0.15, -0.1) is 23.1 Å². The van der Waals surface area contributed by atoms with Gasteiger partial charge in [0, 0.05) is 0 Å². The molecule has 2 aliphatic rings. The molecule has 0 saturated carbocycles. The van der Waals surface area contributed by atoms with Gasteiger partial charge in [0.1, 0.15) is 0 Å². The van der Waals surface area contributed by atoms with Crippen molar-refractivity contribution in [2.45, 2.75) is 91.4 Å². The maximum Gasteiger partial charge on any atom is -0.109 e. The molecule has 4 aromatic carbocycles. The van der Waals surface area contributed by atoms with Crippen LogP contribution in [0.25, 0.3) is 11.1 Å². The number of halogens is 6. The fraction of sp³-hybridized carbons (Fsp3) is 0.326. The van der Waals surface area contributed by atoms with Crippen LogP contribution in [0.1, 0.15) is 104 Å². The molecule has 0 fully saturated rings. The van der Waals surface area contributed by atoms with Gasteiger partial charge in [-0.1, -0.05) is 71.6 Å². The van der Waals surface area contributed by atoms with E-state index in [1.807, 2.05) is 12.2 Å². The molecule has 0 aromatic heterocycles. The smallest absolute Gasteiger partial charge is 0.109 e. The molecule has 0 saturated heterocycles. The van der Waals surface area contributed by atoms with Crippen LogP contribution in [-0.4, -0.2) is 3.21 Å². The van der Waals surface area contributed by atoms with Crippen molar-refractivity contribution in [3.8, 4) is 11.1 Å². The minimum Gasteiger partial charge on any atom is -0.273 e. The van der Waals surface area contributed by atoms with Crippen molar-refractivity contribution in [1.29, 1.82) is 0 Å². The molecule has 7 heteroatoms. The maximum atomic E-state index is 12.5. The predicted molar refractivity (Wildman–Crippen MR) is 188 cm³/mol. The SMILES string of the molecule is Cc1[c-]c2c(cc1C(C)(C)C)-c1cc(C(C)(C)C)c(C)cc1C2.FC(F)(F)c1ccc([C](=[Zr+2])c2ccc(C(F)(F)F)cc2)cc1.[C-]1=CC=CC1. The fourth-order valence-electron chi connectivity index (χ4n) is 6.18. The number of rotatable bonds is 2. The summed E-state index contributed by atoms with van der Waals surface area (Å²) in [5.74, 6) is 0. The standard InChI is InChI=1S/C23H29.C15H8F6.C5H5.Zr/c1-14-9-16-11-17-10-15(2)21(23(6,7)8)13-19(17)18(16)12-20(14)22(3,4)5;16-14(17,18)12-5-1-10(2-6-12)9-11-3-7-13(8-4-11)15(19,20)21;1-2-4-5-3-1;/h9,12-13H,11H2,1-8H3;1-8H;1-3H,4H2;/q-1;;-1;+2. The van der Waals surface area contributed by atoms with E-state index in [1.165, 1.54) is 68.8 Å². The number of hydrogen-bond acceptors (Lipinski definition) is 0. The molecule has 0 amide bonds. The summed E-state index contributed by atoms with van der Waals surface area (Å²) in [7, 11) is 0. The van der Waals surface area contributed by atoms with Crippen LogP contribution in [-0.2, 0) is 53.8 Å². The van der Waals surface area contributed by atoms with Crippen LogP contribution < -0.4 is 0 Å². The number of hydrogen-bond donors (Lipinski definition) is 0. The first kappa shape index (κ1) is 39.5. The fourth-order valence-corrected chi connectivity index (χ4v) is 7.00. The number of fused-ring (bicyclic) bond motifs is 3. The van der Waals surface area contributed by atoms with E-state index in [-0.39, 0.29) is 10.8 Å². The van der Waals surface area contributed by atoms with Crippen LogP contribution in [0.15, 0.2) is 85.0 Å². The summed E-state index contributed by atoms with van der Waals surface area (Å²) < 4.78 is 75.6. The second-order valence-corrected chi connectivity index (χ2v) is 16.0. The Morgan fingerprint density at radius 1 is 0.660 bits per heavy atom. The molecular weight excluding hydrogens is 722 g/mol. The molecule has 0 spiro atoms. The van der Waals surface area contributed by atoms with E-state index in [9.17, 15) is 26.3 Å². The molecule has 2 aliphatic carbocycles. The van der Waals surface area contributed by atoms with Gasteiger partial charge in [-0.3, -0.25) is 6.08 Å². The molecule has 50 heavy (non-hydrogen) atoms. The van der Waals surface area contributed by atoms with Crippen molar-refractivity contribution in [3.63, 3.8) is 0 Å². The van der Waals surface area contributed by atoms with Gasteiger partial charge in [0.05, 0.1) is 0 Å². The van der Waals surface area contributed by atoms with Crippen LogP contribution >= 0.6 is 0 Å². The first-order chi connectivity index (χ1) is 23.1. The average molecular weight is 764 g/mol. The second-order valence-electron chi connectivity index (χ2n) is 14.7. The van der Waals surface area contributed by atoms with Crippen molar-refractivity contribution in [3.05, 3.63) is 153 Å². The number of allylic oxidation sites excluding steroid dienone is 4. The van der Waals surface area contributed by atoms with Gasteiger partial charge in [-0.2, -0.15) is 23.8 Å². The maximum absolute atomic E-state index is 12.5. The Labute approximate surface area is 307 Å². The Bertz CT molecular complexity index is 1750. The Kier molecular flexibility index (Phi) is 11.9. The third-order valence-electron chi connectivity index (χ3n) is 8.67. The third kappa shape index (κ3) is 9.72. The van der Waals surface area contributed by atoms with Crippen molar-refractivity contribution >= 4 is 3.21 Å². The molecule has 0 nitrogen and oxygen atoms in total. The minimum atomic E-state index is -4.41. The van der Waals surface area contributed by atoms with Crippen LogP contribution in [0.3, 0.4) is 0 Å². The van der Waals surface area contributed by atoms with Crippen LogP contribution in [0, 0.1) is 26.0 Å². The molecule has 0 bridgehead atoms. The number of aryl methyl sites for hydroxylation is 2. The van der Waals surface area contributed by atoms with Gasteiger partial charge >= 0.3 is 137 Å². The molecule has 6 rings (SSSR count). The predicted octanol–water partition coefficient (Wildman–Crippen LogP) is 12.4. The van der Waals surface area contributed by atoms with Crippen molar-refractivity contribution in [1.82, 2.24) is 0 Å². The number of alkyl halides is 6. The second kappa shape index (κ2) is 15.1. The average Bonchev–Trinajstić information content (AvgIpc) is 3.70. The van der Waals surface area contributed by atoms with Crippen molar-refractivity contribution in [2.75, 3.05) is 0 Å². The largest absolute Gasteiger partial charge is 0.273 e. The molecule has 0 unspecified atom stereocenters.